The highest BCUT2D eigenvalue weighted by molar-refractivity contribution is 5.46. The molecule has 3 heteroatoms. The molecule has 1 saturated heterocycles. The number of benzene rings is 1. The fraction of sp³-hybridized carbons (Fsp3) is 0.312. The van der Waals surface area contributed by atoms with Crippen LogP contribution in [0.4, 0.5) is 5.69 Å². The first-order valence-corrected chi connectivity index (χ1v) is 6.74. The Morgan fingerprint density at radius 2 is 2.05 bits per heavy atom. The largest absolute Gasteiger partial charge is 0.492 e. The van der Waals surface area contributed by atoms with Crippen molar-refractivity contribution in [2.45, 2.75) is 6.42 Å². The van der Waals surface area contributed by atoms with Crippen LogP contribution in [0.15, 0.2) is 54.9 Å². The molecule has 1 aliphatic heterocycles. The number of hydrogen-bond donors (Lipinski definition) is 0. The normalized spacial score (nSPS) is 18.5. The molecule has 2 aromatic rings. The summed E-state index contributed by atoms with van der Waals surface area (Å²) in [5.41, 5.74) is 1.31. The summed E-state index contributed by atoms with van der Waals surface area (Å²) in [5, 5.41) is 0. The van der Waals surface area contributed by atoms with Gasteiger partial charge in [-0.25, -0.2) is 0 Å². The molecule has 98 valence electrons. The van der Waals surface area contributed by atoms with Crippen molar-refractivity contribution in [1.82, 2.24) is 4.98 Å². The Labute approximate surface area is 113 Å². The predicted octanol–water partition coefficient (Wildman–Crippen LogP) is 2.99. The fourth-order valence-corrected chi connectivity index (χ4v) is 2.49. The molecule has 0 bridgehead atoms. The molecule has 3 nitrogen and oxygen atoms in total. The van der Waals surface area contributed by atoms with E-state index in [0.717, 1.165) is 25.4 Å². The van der Waals surface area contributed by atoms with E-state index in [1.807, 2.05) is 12.1 Å². The molecule has 1 unspecified atom stereocenters. The zero-order chi connectivity index (χ0) is 12.9. The molecule has 1 fully saturated rings. The average molecular weight is 254 g/mol. The third-order valence-corrected chi connectivity index (χ3v) is 3.53. The van der Waals surface area contributed by atoms with Crippen molar-refractivity contribution in [2.24, 2.45) is 5.92 Å². The summed E-state index contributed by atoms with van der Waals surface area (Å²) in [6.07, 6.45) is 4.72. The molecular weight excluding hydrogens is 236 g/mol. The van der Waals surface area contributed by atoms with Crippen molar-refractivity contribution in [3.63, 3.8) is 0 Å². The van der Waals surface area contributed by atoms with Crippen LogP contribution in [0, 0.1) is 5.92 Å². The molecule has 1 atom stereocenters. The number of pyridine rings is 1. The lowest BCUT2D eigenvalue weighted by Crippen LogP contribution is -2.21. The van der Waals surface area contributed by atoms with Crippen LogP contribution < -0.4 is 9.64 Å². The maximum atomic E-state index is 5.78. The van der Waals surface area contributed by atoms with Gasteiger partial charge in [0, 0.05) is 30.9 Å². The number of anilines is 1. The van der Waals surface area contributed by atoms with Crippen LogP contribution in [0.1, 0.15) is 6.42 Å². The summed E-state index contributed by atoms with van der Waals surface area (Å²) < 4.78 is 5.78. The van der Waals surface area contributed by atoms with Crippen molar-refractivity contribution >= 4 is 5.69 Å². The van der Waals surface area contributed by atoms with Crippen LogP contribution in [0.25, 0.3) is 0 Å². The Morgan fingerprint density at radius 3 is 2.84 bits per heavy atom. The van der Waals surface area contributed by atoms with Crippen LogP contribution >= 0.6 is 0 Å². The van der Waals surface area contributed by atoms with Crippen molar-refractivity contribution in [3.05, 3.63) is 54.9 Å². The van der Waals surface area contributed by atoms with Crippen molar-refractivity contribution in [2.75, 3.05) is 24.6 Å². The maximum absolute atomic E-state index is 5.78. The minimum absolute atomic E-state index is 0.598. The third-order valence-electron chi connectivity index (χ3n) is 3.53. The van der Waals surface area contributed by atoms with Crippen molar-refractivity contribution < 1.29 is 4.74 Å². The second-order valence-electron chi connectivity index (χ2n) is 4.94. The number of para-hydroxylation sites is 1. The number of hydrogen-bond acceptors (Lipinski definition) is 3. The van der Waals surface area contributed by atoms with Crippen molar-refractivity contribution in [1.29, 1.82) is 0 Å². The van der Waals surface area contributed by atoms with E-state index in [2.05, 4.69) is 40.2 Å². The van der Waals surface area contributed by atoms with E-state index < -0.39 is 0 Å². The van der Waals surface area contributed by atoms with Gasteiger partial charge in [0.05, 0.1) is 12.8 Å². The maximum Gasteiger partial charge on any atom is 0.137 e. The minimum Gasteiger partial charge on any atom is -0.492 e. The standard InChI is InChI=1S/C16H18N2O/c1-2-5-15(6-3-1)18-10-8-14(12-18)13-19-16-7-4-9-17-11-16/h1-7,9,11,14H,8,10,12-13H2. The van der Waals surface area contributed by atoms with E-state index >= 15 is 0 Å². The van der Waals surface area contributed by atoms with E-state index in [1.54, 1.807) is 12.4 Å². The highest BCUT2D eigenvalue weighted by Gasteiger charge is 2.23. The molecule has 0 radical (unpaired) electrons. The number of nitrogens with zero attached hydrogens (tertiary/aromatic N) is 2. The zero-order valence-electron chi connectivity index (χ0n) is 10.9. The summed E-state index contributed by atoms with van der Waals surface area (Å²) in [4.78, 5) is 6.48. The molecule has 0 amide bonds. The van der Waals surface area contributed by atoms with Gasteiger partial charge in [-0.1, -0.05) is 18.2 Å². The monoisotopic (exact) mass is 254 g/mol. The van der Waals surface area contributed by atoms with Gasteiger partial charge in [0.1, 0.15) is 5.75 Å². The number of rotatable bonds is 4. The van der Waals surface area contributed by atoms with Gasteiger partial charge >= 0.3 is 0 Å². The summed E-state index contributed by atoms with van der Waals surface area (Å²) in [5.74, 6) is 1.46. The van der Waals surface area contributed by atoms with Gasteiger partial charge in [-0.3, -0.25) is 4.98 Å². The molecule has 3 rings (SSSR count). The predicted molar refractivity (Wildman–Crippen MR) is 76.5 cm³/mol. The molecule has 19 heavy (non-hydrogen) atoms. The third kappa shape index (κ3) is 3.05. The second kappa shape index (κ2) is 5.74. The molecule has 1 aliphatic rings. The molecule has 2 heterocycles. The molecular formula is C16H18N2O. The highest BCUT2D eigenvalue weighted by Crippen LogP contribution is 2.24. The topological polar surface area (TPSA) is 25.4 Å². The lowest BCUT2D eigenvalue weighted by molar-refractivity contribution is 0.260. The Balaban J connectivity index is 1.52. The van der Waals surface area contributed by atoms with E-state index in [0.29, 0.717) is 5.92 Å². The van der Waals surface area contributed by atoms with Gasteiger partial charge < -0.3 is 9.64 Å². The Bertz CT molecular complexity index is 501. The van der Waals surface area contributed by atoms with E-state index in [-0.39, 0.29) is 0 Å². The quantitative estimate of drug-likeness (QED) is 0.838. The smallest absolute Gasteiger partial charge is 0.137 e. The summed E-state index contributed by atoms with van der Waals surface area (Å²) in [6.45, 7) is 2.96. The second-order valence-corrected chi connectivity index (χ2v) is 4.94. The first-order valence-electron chi connectivity index (χ1n) is 6.74. The van der Waals surface area contributed by atoms with Gasteiger partial charge in [-0.05, 0) is 30.7 Å². The molecule has 0 spiro atoms. The lowest BCUT2D eigenvalue weighted by Gasteiger charge is -2.18. The van der Waals surface area contributed by atoms with Crippen LogP contribution in [0.2, 0.25) is 0 Å². The van der Waals surface area contributed by atoms with E-state index in [9.17, 15) is 0 Å². The summed E-state index contributed by atoms with van der Waals surface area (Å²) >= 11 is 0. The minimum atomic E-state index is 0.598. The Morgan fingerprint density at radius 1 is 1.16 bits per heavy atom. The van der Waals surface area contributed by atoms with Crippen LogP contribution in [-0.4, -0.2) is 24.7 Å². The fourth-order valence-electron chi connectivity index (χ4n) is 2.49. The average Bonchev–Trinajstić information content (AvgIpc) is 2.96. The molecule has 0 aliphatic carbocycles. The van der Waals surface area contributed by atoms with Gasteiger partial charge in [0.25, 0.3) is 0 Å². The van der Waals surface area contributed by atoms with Gasteiger partial charge in [-0.15, -0.1) is 0 Å². The molecule has 1 aromatic carbocycles. The molecule has 0 N–H and O–H groups in total. The van der Waals surface area contributed by atoms with E-state index in [1.165, 1.54) is 12.1 Å². The van der Waals surface area contributed by atoms with Gasteiger partial charge in [-0.2, -0.15) is 0 Å². The number of ether oxygens (including phenoxy) is 1. The van der Waals surface area contributed by atoms with Gasteiger partial charge in [0.15, 0.2) is 0 Å². The van der Waals surface area contributed by atoms with Crippen LogP contribution in [0.3, 0.4) is 0 Å². The lowest BCUT2D eigenvalue weighted by atomic mass is 10.1. The highest BCUT2D eigenvalue weighted by atomic mass is 16.5. The summed E-state index contributed by atoms with van der Waals surface area (Å²) in [6, 6.07) is 14.4. The van der Waals surface area contributed by atoms with Crippen LogP contribution in [0.5, 0.6) is 5.75 Å². The first kappa shape index (κ1) is 12.0. The van der Waals surface area contributed by atoms with Crippen molar-refractivity contribution in [3.8, 4) is 5.75 Å². The first-order chi connectivity index (χ1) is 9.42. The Kier molecular flexibility index (Phi) is 3.63. The SMILES string of the molecule is c1ccc(N2CCC(COc3cccnc3)C2)cc1. The number of aromatic nitrogens is 1. The zero-order valence-corrected chi connectivity index (χ0v) is 10.9. The Hall–Kier alpha value is -2.03. The molecule has 1 aromatic heterocycles. The van der Waals surface area contributed by atoms with Crippen LogP contribution in [-0.2, 0) is 0 Å². The van der Waals surface area contributed by atoms with Gasteiger partial charge in [0.2, 0.25) is 0 Å². The van der Waals surface area contributed by atoms with E-state index in [4.69, 9.17) is 4.74 Å². The summed E-state index contributed by atoms with van der Waals surface area (Å²) in [7, 11) is 0. The molecule has 0 saturated carbocycles.